The van der Waals surface area contributed by atoms with Crippen molar-refractivity contribution in [2.24, 2.45) is 0 Å². The van der Waals surface area contributed by atoms with Gasteiger partial charge in [-0.25, -0.2) is 4.79 Å². The maximum atomic E-state index is 11.3. The minimum Gasteiger partial charge on any atom is -0.444 e. The van der Waals surface area contributed by atoms with E-state index in [2.05, 4.69) is 15.3 Å². The Bertz CT molecular complexity index is 406. The summed E-state index contributed by atoms with van der Waals surface area (Å²) in [6.07, 6.45) is 1.80. The summed E-state index contributed by atoms with van der Waals surface area (Å²) in [6.45, 7) is 5.25. The van der Waals surface area contributed by atoms with Crippen LogP contribution in [-0.4, -0.2) is 21.7 Å². The monoisotopic (exact) mass is 211 g/mol. The smallest absolute Gasteiger partial charge is 0.413 e. The number of H-pyrrole nitrogens is 1. The Kier molecular flexibility index (Phi) is 3.08. The van der Waals surface area contributed by atoms with Gasteiger partial charge in [0.15, 0.2) is 0 Å². The van der Waals surface area contributed by atoms with Gasteiger partial charge in [-0.15, -0.1) is 0 Å². The van der Waals surface area contributed by atoms with Gasteiger partial charge in [0.1, 0.15) is 11.4 Å². The van der Waals surface area contributed by atoms with Crippen molar-refractivity contribution in [1.29, 1.82) is 0 Å². The maximum Gasteiger partial charge on any atom is 0.413 e. The van der Waals surface area contributed by atoms with E-state index in [1.54, 1.807) is 20.8 Å². The molecule has 1 rings (SSSR count). The number of hydrogen-bond acceptors (Lipinski definition) is 4. The molecule has 0 atom stereocenters. The van der Waals surface area contributed by atoms with E-state index in [0.717, 1.165) is 6.20 Å². The Morgan fingerprint density at radius 2 is 2.13 bits per heavy atom. The Balaban J connectivity index is 2.63. The molecule has 6 heteroatoms. The first kappa shape index (κ1) is 11.2. The summed E-state index contributed by atoms with van der Waals surface area (Å²) in [5, 5.41) is 2.36. The average molecular weight is 211 g/mol. The van der Waals surface area contributed by atoms with Crippen molar-refractivity contribution >= 4 is 11.9 Å². The summed E-state index contributed by atoms with van der Waals surface area (Å²) in [6, 6.07) is 0. The summed E-state index contributed by atoms with van der Waals surface area (Å²) in [5.41, 5.74) is -0.962. The molecule has 0 aliphatic carbocycles. The van der Waals surface area contributed by atoms with Crippen LogP contribution in [0.5, 0.6) is 0 Å². The third-order valence-corrected chi connectivity index (χ3v) is 1.29. The van der Waals surface area contributed by atoms with Gasteiger partial charge in [0.2, 0.25) is 0 Å². The van der Waals surface area contributed by atoms with Crippen LogP contribution in [0.2, 0.25) is 0 Å². The first-order chi connectivity index (χ1) is 6.87. The number of anilines is 1. The van der Waals surface area contributed by atoms with Crippen LogP contribution in [-0.2, 0) is 4.74 Å². The first-order valence-electron chi connectivity index (χ1n) is 4.41. The van der Waals surface area contributed by atoms with Crippen LogP contribution >= 0.6 is 0 Å². The zero-order valence-corrected chi connectivity index (χ0v) is 8.83. The van der Waals surface area contributed by atoms with Gasteiger partial charge in [-0.1, -0.05) is 0 Å². The Labute approximate surface area is 86.7 Å². The van der Waals surface area contributed by atoms with E-state index < -0.39 is 11.7 Å². The lowest BCUT2D eigenvalue weighted by Crippen LogP contribution is -2.28. The summed E-state index contributed by atoms with van der Waals surface area (Å²) in [7, 11) is 0. The van der Waals surface area contributed by atoms with Gasteiger partial charge in [0.25, 0.3) is 5.56 Å². The van der Waals surface area contributed by atoms with Gasteiger partial charge < -0.3 is 9.72 Å². The predicted octanol–water partition coefficient (Wildman–Crippen LogP) is 1.12. The molecule has 0 aliphatic rings. The lowest BCUT2D eigenvalue weighted by atomic mass is 10.2. The highest BCUT2D eigenvalue weighted by atomic mass is 16.6. The molecule has 0 spiro atoms. The standard InChI is InChI=1S/C9H13N3O3/c1-9(2,3)15-8(14)12-6-4-10-5-7(13)11-6/h4-5H,1-3H3,(H2,11,12,13,14). The Hall–Kier alpha value is -1.85. The summed E-state index contributed by atoms with van der Waals surface area (Å²) in [5.74, 6) is 0.205. The zero-order valence-electron chi connectivity index (χ0n) is 8.83. The minimum atomic E-state index is -0.633. The van der Waals surface area contributed by atoms with E-state index in [4.69, 9.17) is 4.74 Å². The third-order valence-electron chi connectivity index (χ3n) is 1.29. The number of carbonyl (C=O) groups is 1. The van der Waals surface area contributed by atoms with Crippen LogP contribution in [0.25, 0.3) is 0 Å². The molecule has 15 heavy (non-hydrogen) atoms. The number of aromatic amines is 1. The second kappa shape index (κ2) is 4.12. The molecule has 82 valence electrons. The normalized spacial score (nSPS) is 10.9. The highest BCUT2D eigenvalue weighted by Gasteiger charge is 2.16. The molecule has 0 bridgehead atoms. The molecular weight excluding hydrogens is 198 g/mol. The van der Waals surface area contributed by atoms with Crippen LogP contribution in [0.3, 0.4) is 0 Å². The van der Waals surface area contributed by atoms with Crippen molar-refractivity contribution in [2.45, 2.75) is 26.4 Å². The molecule has 2 N–H and O–H groups in total. The topological polar surface area (TPSA) is 84.1 Å². The predicted molar refractivity (Wildman–Crippen MR) is 54.7 cm³/mol. The van der Waals surface area contributed by atoms with Crippen molar-refractivity contribution in [2.75, 3.05) is 5.32 Å². The van der Waals surface area contributed by atoms with Gasteiger partial charge >= 0.3 is 6.09 Å². The second-order valence-corrected chi connectivity index (χ2v) is 3.94. The van der Waals surface area contributed by atoms with Crippen LogP contribution in [0.4, 0.5) is 10.6 Å². The van der Waals surface area contributed by atoms with Gasteiger partial charge in [0.05, 0.1) is 12.4 Å². The van der Waals surface area contributed by atoms with E-state index in [-0.39, 0.29) is 11.4 Å². The second-order valence-electron chi connectivity index (χ2n) is 3.94. The SMILES string of the molecule is CC(C)(C)OC(=O)Nc1cncc(=O)[nH]1. The fourth-order valence-electron chi connectivity index (χ4n) is 0.854. The number of nitrogens with one attached hydrogen (secondary N) is 2. The number of amides is 1. The quantitative estimate of drug-likeness (QED) is 0.728. The molecule has 0 unspecified atom stereocenters. The van der Waals surface area contributed by atoms with Crippen molar-refractivity contribution in [3.8, 4) is 0 Å². The molecule has 1 heterocycles. The average Bonchev–Trinajstić information content (AvgIpc) is 1.99. The van der Waals surface area contributed by atoms with E-state index in [9.17, 15) is 9.59 Å². The highest BCUT2D eigenvalue weighted by molar-refractivity contribution is 5.83. The van der Waals surface area contributed by atoms with Crippen LogP contribution < -0.4 is 10.9 Å². The number of hydrogen-bond donors (Lipinski definition) is 2. The molecule has 0 saturated carbocycles. The largest absolute Gasteiger partial charge is 0.444 e. The van der Waals surface area contributed by atoms with Crippen LogP contribution in [0.15, 0.2) is 17.2 Å². The highest BCUT2D eigenvalue weighted by Crippen LogP contribution is 2.08. The molecule has 1 aromatic rings. The molecule has 1 aromatic heterocycles. The third kappa shape index (κ3) is 4.26. The maximum absolute atomic E-state index is 11.3. The first-order valence-corrected chi connectivity index (χ1v) is 4.41. The number of rotatable bonds is 1. The van der Waals surface area contributed by atoms with Crippen molar-refractivity contribution in [1.82, 2.24) is 9.97 Å². The van der Waals surface area contributed by atoms with Gasteiger partial charge in [0, 0.05) is 0 Å². The molecule has 0 aliphatic heterocycles. The van der Waals surface area contributed by atoms with Gasteiger partial charge in [-0.05, 0) is 20.8 Å². The molecule has 0 aromatic carbocycles. The number of ether oxygens (including phenoxy) is 1. The molecule has 1 amide bonds. The molecule has 6 nitrogen and oxygen atoms in total. The Morgan fingerprint density at radius 3 is 2.67 bits per heavy atom. The van der Waals surface area contributed by atoms with E-state index >= 15 is 0 Å². The molecular formula is C9H13N3O3. The summed E-state index contributed by atoms with van der Waals surface area (Å²) in [4.78, 5) is 28.1. The van der Waals surface area contributed by atoms with E-state index in [1.165, 1.54) is 6.20 Å². The van der Waals surface area contributed by atoms with Crippen LogP contribution in [0.1, 0.15) is 20.8 Å². The Morgan fingerprint density at radius 1 is 1.47 bits per heavy atom. The van der Waals surface area contributed by atoms with Gasteiger partial charge in [-0.2, -0.15) is 0 Å². The van der Waals surface area contributed by atoms with Crippen LogP contribution in [0, 0.1) is 0 Å². The number of aromatic nitrogens is 2. The minimum absolute atomic E-state index is 0.205. The fraction of sp³-hybridized carbons (Fsp3) is 0.444. The molecule has 0 radical (unpaired) electrons. The fourth-order valence-corrected chi connectivity index (χ4v) is 0.854. The van der Waals surface area contributed by atoms with E-state index in [1.807, 2.05) is 0 Å². The summed E-state index contributed by atoms with van der Waals surface area (Å²) >= 11 is 0. The van der Waals surface area contributed by atoms with Crippen molar-refractivity contribution in [3.05, 3.63) is 22.7 Å². The van der Waals surface area contributed by atoms with Crippen molar-refractivity contribution < 1.29 is 9.53 Å². The number of carbonyl (C=O) groups excluding carboxylic acids is 1. The van der Waals surface area contributed by atoms with E-state index in [0.29, 0.717) is 0 Å². The summed E-state index contributed by atoms with van der Waals surface area (Å²) < 4.78 is 4.98. The lowest BCUT2D eigenvalue weighted by molar-refractivity contribution is 0.0635. The van der Waals surface area contributed by atoms with Crippen molar-refractivity contribution in [3.63, 3.8) is 0 Å². The molecule has 0 fully saturated rings. The molecule has 0 saturated heterocycles. The number of nitrogens with zero attached hydrogens (tertiary/aromatic N) is 1. The van der Waals surface area contributed by atoms with Gasteiger partial charge in [-0.3, -0.25) is 15.1 Å². The zero-order chi connectivity index (χ0) is 11.5. The lowest BCUT2D eigenvalue weighted by Gasteiger charge is -2.19.